The number of rotatable bonds is 14. The Morgan fingerprint density at radius 2 is 1.69 bits per heavy atom. The maximum Gasteiger partial charge on any atom is 0.272 e. The van der Waals surface area contributed by atoms with Crippen LogP contribution in [0.15, 0.2) is 18.6 Å². The summed E-state index contributed by atoms with van der Waals surface area (Å²) in [5, 5.41) is 19.7. The molecular weight excluding hydrogens is 624 g/mol. The van der Waals surface area contributed by atoms with Crippen LogP contribution >= 0.6 is 0 Å². The molecule has 49 heavy (non-hydrogen) atoms. The third kappa shape index (κ3) is 9.04. The number of hydrogen-bond acceptors (Lipinski definition) is 8. The number of fused-ring (bicyclic) bond motifs is 1. The first-order valence-corrected chi connectivity index (χ1v) is 18.6. The lowest BCUT2D eigenvalue weighted by atomic mass is 9.74. The van der Waals surface area contributed by atoms with E-state index < -0.39 is 47.4 Å². The van der Waals surface area contributed by atoms with Gasteiger partial charge in [0.2, 0.25) is 11.8 Å². The van der Waals surface area contributed by atoms with Crippen molar-refractivity contribution in [2.45, 2.75) is 141 Å². The molecule has 270 valence electrons. The van der Waals surface area contributed by atoms with Crippen LogP contribution in [0.25, 0.3) is 0 Å². The molecule has 5 rings (SSSR count). The molecule has 4 fully saturated rings. The van der Waals surface area contributed by atoms with Crippen molar-refractivity contribution in [2.24, 2.45) is 29.1 Å². The van der Waals surface area contributed by atoms with E-state index in [0.29, 0.717) is 19.4 Å². The number of aromatic nitrogens is 2. The van der Waals surface area contributed by atoms with Gasteiger partial charge in [0.1, 0.15) is 11.7 Å². The molecule has 12 nitrogen and oxygen atoms in total. The Bertz CT molecular complexity index is 1340. The van der Waals surface area contributed by atoms with Crippen LogP contribution in [0.5, 0.6) is 0 Å². The summed E-state index contributed by atoms with van der Waals surface area (Å²) in [5.41, 5.74) is -0.479. The quantitative estimate of drug-likeness (QED) is 0.232. The molecule has 4 aliphatic rings. The zero-order valence-electron chi connectivity index (χ0n) is 29.7. The van der Waals surface area contributed by atoms with Crippen LogP contribution in [0.3, 0.4) is 0 Å². The molecule has 0 radical (unpaired) electrons. The number of nitrogens with one attached hydrogen (secondary N) is 3. The van der Waals surface area contributed by atoms with E-state index in [-0.39, 0.29) is 53.5 Å². The standard InChI is InChI=1S/C37H56N6O6/c1-5-10-27(32(45)35(48)40-24-15-16-24)41-34(47)31-25-14-9-13-23(25)21-43(31)36(49)26(37(2,3)4)19-29(44)30(22-11-7-6-8-12-22)42-33(46)28-20-38-17-18-39-28/h17-18,20,22-27,30-32,45H,5-16,19,21H2,1-4H3,(H,40,48)(H,41,47)(H,42,46)/t23-,25-,26+,27-,30-,31-,32?/m0/s1. The molecule has 12 heteroatoms. The number of aliphatic hydroxyl groups is 1. The molecule has 1 aliphatic heterocycles. The molecule has 3 saturated carbocycles. The van der Waals surface area contributed by atoms with Crippen LogP contribution in [0.2, 0.25) is 0 Å². The van der Waals surface area contributed by atoms with E-state index in [2.05, 4.69) is 25.9 Å². The molecule has 4 amide bonds. The number of carbonyl (C=O) groups is 5. The second-order valence-corrected chi connectivity index (χ2v) is 16.0. The van der Waals surface area contributed by atoms with Crippen molar-refractivity contribution >= 4 is 29.4 Å². The van der Waals surface area contributed by atoms with Crippen molar-refractivity contribution < 1.29 is 29.1 Å². The van der Waals surface area contributed by atoms with Crippen LogP contribution in [-0.2, 0) is 19.2 Å². The smallest absolute Gasteiger partial charge is 0.272 e. The van der Waals surface area contributed by atoms with E-state index in [1.807, 2.05) is 27.7 Å². The van der Waals surface area contributed by atoms with Gasteiger partial charge in [0.15, 0.2) is 11.9 Å². The summed E-state index contributed by atoms with van der Waals surface area (Å²) in [4.78, 5) is 78.8. The minimum atomic E-state index is -1.39. The summed E-state index contributed by atoms with van der Waals surface area (Å²) >= 11 is 0. The highest BCUT2D eigenvalue weighted by Crippen LogP contribution is 2.44. The first kappa shape index (κ1) is 36.9. The van der Waals surface area contributed by atoms with Gasteiger partial charge in [-0.2, -0.15) is 0 Å². The van der Waals surface area contributed by atoms with Gasteiger partial charge in [0, 0.05) is 37.3 Å². The summed E-state index contributed by atoms with van der Waals surface area (Å²) < 4.78 is 0. The highest BCUT2D eigenvalue weighted by Gasteiger charge is 2.52. The van der Waals surface area contributed by atoms with E-state index in [1.54, 1.807) is 4.90 Å². The Balaban J connectivity index is 1.35. The van der Waals surface area contributed by atoms with Gasteiger partial charge in [-0.15, -0.1) is 0 Å². The third-order valence-electron chi connectivity index (χ3n) is 11.2. The fourth-order valence-electron chi connectivity index (χ4n) is 8.31. The number of aliphatic hydroxyl groups excluding tert-OH is 1. The van der Waals surface area contributed by atoms with Gasteiger partial charge < -0.3 is 26.0 Å². The lowest BCUT2D eigenvalue weighted by Gasteiger charge is -2.37. The van der Waals surface area contributed by atoms with E-state index in [4.69, 9.17) is 0 Å². The van der Waals surface area contributed by atoms with Gasteiger partial charge in [0.25, 0.3) is 11.8 Å². The second kappa shape index (κ2) is 16.1. The zero-order valence-corrected chi connectivity index (χ0v) is 29.7. The highest BCUT2D eigenvalue weighted by molar-refractivity contribution is 5.98. The third-order valence-corrected chi connectivity index (χ3v) is 11.2. The van der Waals surface area contributed by atoms with Gasteiger partial charge in [-0.3, -0.25) is 29.0 Å². The van der Waals surface area contributed by atoms with Crippen LogP contribution in [0.1, 0.15) is 122 Å². The average Bonchev–Trinajstić information content (AvgIpc) is 3.65. The molecule has 0 spiro atoms. The van der Waals surface area contributed by atoms with Crippen LogP contribution < -0.4 is 16.0 Å². The topological polar surface area (TPSA) is 171 Å². The maximum absolute atomic E-state index is 14.7. The van der Waals surface area contributed by atoms with E-state index in [0.717, 1.165) is 64.2 Å². The number of Topliss-reactive ketones (excluding diaryl/α,β-unsaturated/α-hetero) is 1. The predicted molar refractivity (Wildman–Crippen MR) is 183 cm³/mol. The van der Waals surface area contributed by atoms with Crippen molar-refractivity contribution in [3.8, 4) is 0 Å². The van der Waals surface area contributed by atoms with Crippen LogP contribution in [0, 0.1) is 29.1 Å². The predicted octanol–water partition coefficient (Wildman–Crippen LogP) is 3.33. The molecule has 1 aromatic rings. The van der Waals surface area contributed by atoms with Crippen molar-refractivity contribution in [1.29, 1.82) is 0 Å². The van der Waals surface area contributed by atoms with Crippen LogP contribution in [-0.4, -0.2) is 86.2 Å². The van der Waals surface area contributed by atoms with Crippen LogP contribution in [0.4, 0.5) is 0 Å². The first-order valence-electron chi connectivity index (χ1n) is 18.6. The lowest BCUT2D eigenvalue weighted by Crippen LogP contribution is -2.57. The molecule has 1 saturated heterocycles. The summed E-state index contributed by atoms with van der Waals surface area (Å²) in [6.07, 6.45) is 13.0. The molecule has 7 atom stereocenters. The van der Waals surface area contributed by atoms with E-state index in [1.165, 1.54) is 18.6 Å². The number of nitrogens with zero attached hydrogens (tertiary/aromatic N) is 3. The largest absolute Gasteiger partial charge is 0.381 e. The Morgan fingerprint density at radius 3 is 2.33 bits per heavy atom. The molecule has 1 unspecified atom stereocenters. The van der Waals surface area contributed by atoms with Gasteiger partial charge >= 0.3 is 0 Å². The zero-order chi connectivity index (χ0) is 35.3. The maximum atomic E-state index is 14.7. The van der Waals surface area contributed by atoms with Crippen molar-refractivity contribution in [1.82, 2.24) is 30.8 Å². The summed E-state index contributed by atoms with van der Waals surface area (Å²) in [7, 11) is 0. The van der Waals surface area contributed by atoms with E-state index >= 15 is 0 Å². The first-order chi connectivity index (χ1) is 23.4. The molecule has 1 aromatic heterocycles. The fraction of sp³-hybridized carbons (Fsp3) is 0.757. The SMILES string of the molecule is CCC[C@H](NC(=O)[C@@H]1[C@H]2CCC[C@H]2CN1C(=O)[C@@H](CC(=O)[C@@H](NC(=O)c1cnccn1)C1CCCCC1)C(C)(C)C)C(O)C(=O)NC1CC1. The lowest BCUT2D eigenvalue weighted by molar-refractivity contribution is -0.148. The normalized spacial score (nSPS) is 25.1. The average molecular weight is 681 g/mol. The monoisotopic (exact) mass is 680 g/mol. The Labute approximate surface area is 290 Å². The van der Waals surface area contributed by atoms with E-state index in [9.17, 15) is 29.1 Å². The molecule has 4 N–H and O–H groups in total. The summed E-state index contributed by atoms with van der Waals surface area (Å²) in [5.74, 6) is -2.35. The summed E-state index contributed by atoms with van der Waals surface area (Å²) in [6, 6.07) is -2.20. The van der Waals surface area contributed by atoms with Gasteiger partial charge in [-0.05, 0) is 68.1 Å². The molecule has 0 aromatic carbocycles. The van der Waals surface area contributed by atoms with Crippen molar-refractivity contribution in [2.75, 3.05) is 6.54 Å². The number of carbonyl (C=O) groups excluding carboxylic acids is 5. The second-order valence-electron chi connectivity index (χ2n) is 16.0. The Morgan fingerprint density at radius 1 is 0.959 bits per heavy atom. The Kier molecular flexibility index (Phi) is 12.1. The molecule has 2 heterocycles. The summed E-state index contributed by atoms with van der Waals surface area (Å²) in [6.45, 7) is 8.18. The number of likely N-dealkylation sites (tertiary alicyclic amines) is 1. The van der Waals surface area contributed by atoms with Gasteiger partial charge in [0.05, 0.1) is 18.3 Å². The number of hydrogen-bond donors (Lipinski definition) is 4. The minimum Gasteiger partial charge on any atom is -0.381 e. The minimum absolute atomic E-state index is 0.0266. The molecular formula is C37H56N6O6. The number of amides is 4. The number of ketones is 1. The van der Waals surface area contributed by atoms with Crippen molar-refractivity contribution in [3.05, 3.63) is 24.3 Å². The Hall–Kier alpha value is -3.41. The molecule has 3 aliphatic carbocycles. The highest BCUT2D eigenvalue weighted by atomic mass is 16.3. The van der Waals surface area contributed by atoms with Gasteiger partial charge in [-0.1, -0.05) is 59.8 Å². The molecule has 0 bridgehead atoms. The van der Waals surface area contributed by atoms with Gasteiger partial charge in [-0.25, -0.2) is 4.98 Å². The fourth-order valence-corrected chi connectivity index (χ4v) is 8.31. The van der Waals surface area contributed by atoms with Crippen molar-refractivity contribution in [3.63, 3.8) is 0 Å².